The van der Waals surface area contributed by atoms with Crippen molar-refractivity contribution in [2.24, 2.45) is 17.8 Å². The molecule has 2 unspecified atom stereocenters. The molecule has 4 heterocycles. The summed E-state index contributed by atoms with van der Waals surface area (Å²) < 4.78 is 20.6. The summed E-state index contributed by atoms with van der Waals surface area (Å²) in [5, 5.41) is 6.61. The normalized spacial score (nSPS) is 22.7. The lowest BCUT2D eigenvalue weighted by atomic mass is 9.62. The average Bonchev–Trinajstić information content (AvgIpc) is 3.56. The summed E-state index contributed by atoms with van der Waals surface area (Å²) >= 11 is 0. The molecule has 2 N–H and O–H groups in total. The highest BCUT2D eigenvalue weighted by Crippen LogP contribution is 2.46. The summed E-state index contributed by atoms with van der Waals surface area (Å²) in [7, 11) is 0. The summed E-state index contributed by atoms with van der Waals surface area (Å²) in [6, 6.07) is 18.1. The van der Waals surface area contributed by atoms with E-state index >= 15 is 0 Å². The number of aromatic nitrogens is 4. The average molecular weight is 518 g/mol. The predicted molar refractivity (Wildman–Crippen MR) is 152 cm³/mol. The molecule has 6 aromatic rings. The first kappa shape index (κ1) is 22.7. The van der Waals surface area contributed by atoms with Crippen LogP contribution in [0.1, 0.15) is 32.6 Å². The number of H-pyrrole nitrogens is 1. The maximum absolute atomic E-state index is 14.2. The van der Waals surface area contributed by atoms with Crippen LogP contribution < -0.4 is 5.32 Å². The van der Waals surface area contributed by atoms with Gasteiger partial charge < -0.3 is 14.7 Å². The smallest absolute Gasteiger partial charge is 0.164 e. The van der Waals surface area contributed by atoms with E-state index in [4.69, 9.17) is 14.4 Å². The van der Waals surface area contributed by atoms with Crippen molar-refractivity contribution in [2.75, 3.05) is 5.32 Å². The molecule has 9 rings (SSSR count). The van der Waals surface area contributed by atoms with Crippen LogP contribution in [0.3, 0.4) is 0 Å². The molecule has 2 atom stereocenters. The number of rotatable bonds is 4. The quantitative estimate of drug-likeness (QED) is 0.248. The molecule has 7 heteroatoms. The minimum atomic E-state index is -0.392. The Kier molecular flexibility index (Phi) is 5.02. The number of nitrogens with zero attached hydrogens (tertiary/aromatic N) is 3. The Balaban J connectivity index is 1.31. The zero-order valence-electron chi connectivity index (χ0n) is 21.6. The van der Waals surface area contributed by atoms with E-state index in [1.165, 1.54) is 37.9 Å². The molecule has 39 heavy (non-hydrogen) atoms. The molecule has 3 aliphatic carbocycles. The fourth-order valence-corrected chi connectivity index (χ4v) is 7.06. The summed E-state index contributed by atoms with van der Waals surface area (Å²) in [6.07, 6.45) is 8.21. The van der Waals surface area contributed by atoms with Crippen LogP contribution >= 0.6 is 0 Å². The Bertz CT molecular complexity index is 1860. The van der Waals surface area contributed by atoms with Gasteiger partial charge in [0.2, 0.25) is 0 Å². The SMILES string of the molecule is CC1C2CCC(CC2)C1Nc1cc(-c2cccc3c2oc2ccccc23)nc(-c2c[nH]c3ncc(F)cc23)n1. The van der Waals surface area contributed by atoms with Crippen molar-refractivity contribution >= 4 is 38.8 Å². The number of anilines is 1. The Labute approximate surface area is 224 Å². The topological polar surface area (TPSA) is 79.6 Å². The Morgan fingerprint density at radius 2 is 1.72 bits per heavy atom. The van der Waals surface area contributed by atoms with Crippen molar-refractivity contribution in [3.05, 3.63) is 72.8 Å². The lowest BCUT2D eigenvalue weighted by molar-refractivity contribution is 0.0928. The van der Waals surface area contributed by atoms with Crippen molar-refractivity contribution in [1.82, 2.24) is 19.9 Å². The number of nitrogens with one attached hydrogen (secondary N) is 2. The second-order valence-corrected chi connectivity index (χ2v) is 11.2. The van der Waals surface area contributed by atoms with Gasteiger partial charge in [-0.2, -0.15) is 0 Å². The first-order valence-corrected chi connectivity index (χ1v) is 13.8. The van der Waals surface area contributed by atoms with Crippen molar-refractivity contribution in [3.8, 4) is 22.6 Å². The minimum Gasteiger partial charge on any atom is -0.455 e. The van der Waals surface area contributed by atoms with Crippen LogP contribution in [-0.4, -0.2) is 26.0 Å². The molecule has 3 saturated carbocycles. The van der Waals surface area contributed by atoms with Crippen molar-refractivity contribution in [3.63, 3.8) is 0 Å². The standard InChI is InChI=1S/C32H28FN5O/c1-17-18-9-11-19(12-10-18)29(17)37-28-14-26(23-7-4-6-22-21-5-2-3-8-27(21)39-30(22)23)36-32(38-28)25-16-35-31-24(25)13-20(33)15-34-31/h2-8,13-19,29H,9-12H2,1H3,(H,34,35)(H,36,37,38). The van der Waals surface area contributed by atoms with Crippen LogP contribution in [0.4, 0.5) is 10.2 Å². The fraction of sp³-hybridized carbons (Fsp3) is 0.281. The number of para-hydroxylation sites is 2. The van der Waals surface area contributed by atoms with Gasteiger partial charge in [-0.05, 0) is 61.6 Å². The summed E-state index contributed by atoms with van der Waals surface area (Å²) in [4.78, 5) is 17.4. The minimum absolute atomic E-state index is 0.372. The largest absolute Gasteiger partial charge is 0.455 e. The van der Waals surface area contributed by atoms with Crippen LogP contribution in [0.15, 0.2) is 71.4 Å². The molecule has 0 saturated heterocycles. The fourth-order valence-electron chi connectivity index (χ4n) is 7.06. The van der Waals surface area contributed by atoms with Gasteiger partial charge in [0, 0.05) is 45.6 Å². The lowest BCUT2D eigenvalue weighted by Gasteiger charge is -2.47. The zero-order valence-corrected chi connectivity index (χ0v) is 21.6. The number of fused-ring (bicyclic) bond motifs is 7. The van der Waals surface area contributed by atoms with E-state index in [9.17, 15) is 4.39 Å². The molecular weight excluding hydrogens is 489 g/mol. The maximum Gasteiger partial charge on any atom is 0.164 e. The van der Waals surface area contributed by atoms with E-state index in [1.807, 2.05) is 42.6 Å². The maximum atomic E-state index is 14.2. The molecule has 2 bridgehead atoms. The van der Waals surface area contributed by atoms with E-state index in [-0.39, 0.29) is 0 Å². The highest BCUT2D eigenvalue weighted by Gasteiger charge is 2.41. The van der Waals surface area contributed by atoms with Gasteiger partial charge in [0.25, 0.3) is 0 Å². The van der Waals surface area contributed by atoms with Crippen LogP contribution in [0.2, 0.25) is 0 Å². The van der Waals surface area contributed by atoms with Crippen molar-refractivity contribution < 1.29 is 8.81 Å². The van der Waals surface area contributed by atoms with Gasteiger partial charge >= 0.3 is 0 Å². The summed E-state index contributed by atoms with van der Waals surface area (Å²) in [6.45, 7) is 2.37. The number of hydrogen-bond acceptors (Lipinski definition) is 5. The molecule has 3 fully saturated rings. The van der Waals surface area contributed by atoms with Gasteiger partial charge in [-0.25, -0.2) is 19.3 Å². The van der Waals surface area contributed by atoms with E-state index in [2.05, 4.69) is 34.3 Å². The Morgan fingerprint density at radius 1 is 0.897 bits per heavy atom. The van der Waals surface area contributed by atoms with Gasteiger partial charge in [-0.3, -0.25) is 0 Å². The van der Waals surface area contributed by atoms with E-state index in [1.54, 1.807) is 0 Å². The van der Waals surface area contributed by atoms with Crippen LogP contribution in [0.5, 0.6) is 0 Å². The lowest BCUT2D eigenvalue weighted by Crippen LogP contribution is -2.47. The first-order chi connectivity index (χ1) is 19.1. The highest BCUT2D eigenvalue weighted by molar-refractivity contribution is 6.09. The predicted octanol–water partition coefficient (Wildman–Crippen LogP) is 7.96. The molecule has 194 valence electrons. The second kappa shape index (κ2) is 8.63. The monoisotopic (exact) mass is 517 g/mol. The first-order valence-electron chi connectivity index (χ1n) is 13.8. The summed E-state index contributed by atoms with van der Waals surface area (Å²) in [5.74, 6) is 2.92. The zero-order chi connectivity index (χ0) is 26.1. The van der Waals surface area contributed by atoms with Crippen molar-refractivity contribution in [1.29, 1.82) is 0 Å². The van der Waals surface area contributed by atoms with Gasteiger partial charge in [0.05, 0.1) is 11.9 Å². The van der Waals surface area contributed by atoms with Crippen LogP contribution in [-0.2, 0) is 0 Å². The van der Waals surface area contributed by atoms with Gasteiger partial charge in [-0.1, -0.05) is 37.3 Å². The molecular formula is C32H28FN5O. The second-order valence-electron chi connectivity index (χ2n) is 11.2. The molecule has 0 aliphatic heterocycles. The van der Waals surface area contributed by atoms with Gasteiger partial charge in [0.15, 0.2) is 5.82 Å². The van der Waals surface area contributed by atoms with Crippen LogP contribution in [0, 0.1) is 23.6 Å². The molecule has 3 aliphatic rings. The number of furan rings is 1. The Morgan fingerprint density at radius 3 is 2.59 bits per heavy atom. The summed E-state index contributed by atoms with van der Waals surface area (Å²) in [5.41, 5.74) is 4.63. The Hall–Kier alpha value is -4.26. The highest BCUT2D eigenvalue weighted by atomic mass is 19.1. The third kappa shape index (κ3) is 3.63. The van der Waals surface area contributed by atoms with Crippen molar-refractivity contribution in [2.45, 2.75) is 38.6 Å². The van der Waals surface area contributed by atoms with Gasteiger partial charge in [0.1, 0.15) is 28.4 Å². The number of benzene rings is 2. The molecule has 4 aromatic heterocycles. The van der Waals surface area contributed by atoms with E-state index < -0.39 is 5.82 Å². The number of pyridine rings is 1. The van der Waals surface area contributed by atoms with Crippen LogP contribution in [0.25, 0.3) is 55.6 Å². The molecule has 0 amide bonds. The third-order valence-electron chi connectivity index (χ3n) is 9.09. The van der Waals surface area contributed by atoms with E-state index in [0.29, 0.717) is 34.7 Å². The number of aromatic amines is 1. The molecule has 0 spiro atoms. The van der Waals surface area contributed by atoms with Gasteiger partial charge in [-0.15, -0.1) is 0 Å². The number of hydrogen-bond donors (Lipinski definition) is 2. The molecule has 6 nitrogen and oxygen atoms in total. The third-order valence-corrected chi connectivity index (χ3v) is 9.09. The molecule has 0 radical (unpaired) electrons. The molecule has 2 aromatic carbocycles. The van der Waals surface area contributed by atoms with E-state index in [0.717, 1.165) is 50.5 Å². The number of halogens is 1.